The third-order valence-corrected chi connectivity index (χ3v) is 3.63. The van der Waals surface area contributed by atoms with Gasteiger partial charge in [-0.3, -0.25) is 9.69 Å². The Hall–Kier alpha value is -1.39. The topological polar surface area (TPSA) is 52.6 Å². The number of rotatable bonds is 6. The highest BCUT2D eigenvalue weighted by atomic mass is 16.3. The average molecular weight is 276 g/mol. The summed E-state index contributed by atoms with van der Waals surface area (Å²) in [6.07, 6.45) is 3.03. The van der Waals surface area contributed by atoms with Gasteiger partial charge in [-0.05, 0) is 57.0 Å². The van der Waals surface area contributed by atoms with Crippen molar-refractivity contribution in [2.45, 2.75) is 45.3 Å². The van der Waals surface area contributed by atoms with Gasteiger partial charge in [0, 0.05) is 18.7 Å². The Bertz CT molecular complexity index is 423. The molecule has 1 fully saturated rings. The quantitative estimate of drug-likeness (QED) is 0.839. The molecular weight excluding hydrogens is 252 g/mol. The molecule has 1 aromatic carbocycles. The summed E-state index contributed by atoms with van der Waals surface area (Å²) in [4.78, 5) is 14.1. The Kier molecular flexibility index (Phi) is 5.56. The van der Waals surface area contributed by atoms with Crippen molar-refractivity contribution in [1.29, 1.82) is 0 Å². The summed E-state index contributed by atoms with van der Waals surface area (Å²) >= 11 is 0. The lowest BCUT2D eigenvalue weighted by atomic mass is 10.2. The Morgan fingerprint density at radius 2 is 1.95 bits per heavy atom. The normalized spacial score (nSPS) is 17.1. The van der Waals surface area contributed by atoms with Crippen molar-refractivity contribution in [3.63, 3.8) is 0 Å². The maximum atomic E-state index is 11.7. The van der Waals surface area contributed by atoms with Gasteiger partial charge in [0.15, 0.2) is 0 Å². The van der Waals surface area contributed by atoms with Crippen molar-refractivity contribution < 1.29 is 9.90 Å². The predicted molar refractivity (Wildman–Crippen MR) is 80.5 cm³/mol. The average Bonchev–Trinajstić information content (AvgIpc) is 2.92. The summed E-state index contributed by atoms with van der Waals surface area (Å²) in [6, 6.07) is 8.04. The van der Waals surface area contributed by atoms with Crippen LogP contribution in [0.4, 0.5) is 5.69 Å². The second-order valence-electron chi connectivity index (χ2n) is 5.62. The summed E-state index contributed by atoms with van der Waals surface area (Å²) in [5.74, 6) is -0.0433. The van der Waals surface area contributed by atoms with Crippen molar-refractivity contribution in [2.75, 3.05) is 18.4 Å². The highest BCUT2D eigenvalue weighted by Gasteiger charge is 2.11. The number of benzene rings is 1. The maximum Gasteiger partial charge on any atom is 0.224 e. The monoisotopic (exact) mass is 276 g/mol. The second kappa shape index (κ2) is 7.41. The van der Waals surface area contributed by atoms with Crippen LogP contribution in [0.2, 0.25) is 0 Å². The summed E-state index contributed by atoms with van der Waals surface area (Å²) in [5.41, 5.74) is 2.11. The molecule has 110 valence electrons. The number of nitrogens with zero attached hydrogens (tertiary/aromatic N) is 1. The summed E-state index contributed by atoms with van der Waals surface area (Å²) < 4.78 is 0. The van der Waals surface area contributed by atoms with Crippen molar-refractivity contribution in [3.8, 4) is 0 Å². The van der Waals surface area contributed by atoms with E-state index in [0.29, 0.717) is 12.8 Å². The predicted octanol–water partition coefficient (Wildman–Crippen LogP) is 2.38. The van der Waals surface area contributed by atoms with Gasteiger partial charge < -0.3 is 10.4 Å². The highest BCUT2D eigenvalue weighted by Crippen LogP contribution is 2.15. The number of likely N-dealkylation sites (tertiary alicyclic amines) is 1. The van der Waals surface area contributed by atoms with E-state index >= 15 is 0 Å². The van der Waals surface area contributed by atoms with Crippen LogP contribution in [0.5, 0.6) is 0 Å². The SMILES string of the molecule is CC(O)CCC(=O)Nc1ccc(CN2CCCC2)cc1. The Morgan fingerprint density at radius 1 is 1.30 bits per heavy atom. The van der Waals surface area contributed by atoms with Gasteiger partial charge in [0.2, 0.25) is 5.91 Å². The maximum absolute atomic E-state index is 11.7. The first-order valence-electron chi connectivity index (χ1n) is 7.43. The Balaban J connectivity index is 1.80. The molecule has 4 nitrogen and oxygen atoms in total. The molecule has 1 unspecified atom stereocenters. The van der Waals surface area contributed by atoms with Crippen LogP contribution in [0.25, 0.3) is 0 Å². The number of carbonyl (C=O) groups is 1. The summed E-state index contributed by atoms with van der Waals surface area (Å²) in [6.45, 7) is 5.08. The number of hydrogen-bond acceptors (Lipinski definition) is 3. The van der Waals surface area contributed by atoms with Gasteiger partial charge in [-0.15, -0.1) is 0 Å². The van der Waals surface area contributed by atoms with E-state index in [0.717, 1.165) is 12.2 Å². The minimum atomic E-state index is -0.427. The lowest BCUT2D eigenvalue weighted by Crippen LogP contribution is -2.18. The first-order chi connectivity index (χ1) is 9.63. The molecule has 0 aromatic heterocycles. The number of nitrogens with one attached hydrogen (secondary N) is 1. The van der Waals surface area contributed by atoms with Crippen LogP contribution in [0.3, 0.4) is 0 Å². The third kappa shape index (κ3) is 4.94. The van der Waals surface area contributed by atoms with Gasteiger partial charge in [-0.2, -0.15) is 0 Å². The lowest BCUT2D eigenvalue weighted by molar-refractivity contribution is -0.116. The van der Waals surface area contributed by atoms with Crippen molar-refractivity contribution in [1.82, 2.24) is 4.90 Å². The first kappa shape index (κ1) is 15.0. The van der Waals surface area contributed by atoms with Crippen molar-refractivity contribution in [2.24, 2.45) is 0 Å². The molecule has 1 heterocycles. The standard InChI is InChI=1S/C16H24N2O2/c1-13(19)4-9-16(20)17-15-7-5-14(6-8-15)12-18-10-2-3-11-18/h5-8,13,19H,2-4,9-12H2,1H3,(H,17,20). The van der Waals surface area contributed by atoms with E-state index in [4.69, 9.17) is 5.11 Å². The molecule has 1 aliphatic heterocycles. The van der Waals surface area contributed by atoms with Crippen molar-refractivity contribution >= 4 is 11.6 Å². The van der Waals surface area contributed by atoms with Crippen LogP contribution >= 0.6 is 0 Å². The van der Waals surface area contributed by atoms with Crippen LogP contribution in [0.15, 0.2) is 24.3 Å². The van der Waals surface area contributed by atoms with Gasteiger partial charge in [0.25, 0.3) is 0 Å². The van der Waals surface area contributed by atoms with E-state index in [1.54, 1.807) is 6.92 Å². The van der Waals surface area contributed by atoms with Gasteiger partial charge in [0.05, 0.1) is 6.10 Å². The number of anilines is 1. The van der Waals surface area contributed by atoms with Crippen LogP contribution in [-0.2, 0) is 11.3 Å². The molecule has 0 radical (unpaired) electrons. The molecule has 0 bridgehead atoms. The van der Waals surface area contributed by atoms with Crippen LogP contribution < -0.4 is 5.32 Å². The zero-order valence-electron chi connectivity index (χ0n) is 12.1. The molecule has 1 saturated heterocycles. The molecule has 0 saturated carbocycles. The Morgan fingerprint density at radius 3 is 2.55 bits per heavy atom. The second-order valence-corrected chi connectivity index (χ2v) is 5.62. The van der Waals surface area contributed by atoms with E-state index in [2.05, 4.69) is 22.3 Å². The molecule has 0 spiro atoms. The van der Waals surface area contributed by atoms with E-state index in [1.807, 2.05) is 12.1 Å². The first-order valence-corrected chi connectivity index (χ1v) is 7.43. The minimum Gasteiger partial charge on any atom is -0.393 e. The summed E-state index contributed by atoms with van der Waals surface area (Å²) in [5, 5.41) is 12.0. The van der Waals surface area contributed by atoms with Crippen molar-refractivity contribution in [3.05, 3.63) is 29.8 Å². The fourth-order valence-electron chi connectivity index (χ4n) is 2.46. The molecule has 2 N–H and O–H groups in total. The van der Waals surface area contributed by atoms with Gasteiger partial charge in [0.1, 0.15) is 0 Å². The smallest absolute Gasteiger partial charge is 0.224 e. The van der Waals surface area contributed by atoms with E-state index in [9.17, 15) is 4.79 Å². The molecule has 0 aliphatic carbocycles. The Labute approximate surface area is 120 Å². The van der Waals surface area contributed by atoms with Crippen LogP contribution in [-0.4, -0.2) is 35.1 Å². The molecular formula is C16H24N2O2. The number of hydrogen-bond donors (Lipinski definition) is 2. The summed E-state index contributed by atoms with van der Waals surface area (Å²) in [7, 11) is 0. The number of aliphatic hydroxyl groups excluding tert-OH is 1. The van der Waals surface area contributed by atoms with E-state index < -0.39 is 6.10 Å². The molecule has 1 aromatic rings. The molecule has 1 amide bonds. The number of carbonyl (C=O) groups excluding carboxylic acids is 1. The highest BCUT2D eigenvalue weighted by molar-refractivity contribution is 5.90. The number of amides is 1. The van der Waals surface area contributed by atoms with E-state index in [-0.39, 0.29) is 5.91 Å². The molecule has 4 heteroatoms. The number of aliphatic hydroxyl groups is 1. The zero-order chi connectivity index (χ0) is 14.4. The van der Waals surface area contributed by atoms with Gasteiger partial charge in [-0.25, -0.2) is 0 Å². The third-order valence-electron chi connectivity index (χ3n) is 3.63. The van der Waals surface area contributed by atoms with Gasteiger partial charge in [-0.1, -0.05) is 12.1 Å². The fourth-order valence-corrected chi connectivity index (χ4v) is 2.46. The molecule has 1 aliphatic rings. The van der Waals surface area contributed by atoms with E-state index in [1.165, 1.54) is 31.5 Å². The zero-order valence-corrected chi connectivity index (χ0v) is 12.1. The fraction of sp³-hybridized carbons (Fsp3) is 0.562. The lowest BCUT2D eigenvalue weighted by Gasteiger charge is -2.14. The van der Waals surface area contributed by atoms with Crippen LogP contribution in [0, 0.1) is 0 Å². The molecule has 2 rings (SSSR count). The van der Waals surface area contributed by atoms with Crippen LogP contribution in [0.1, 0.15) is 38.2 Å². The molecule has 1 atom stereocenters. The minimum absolute atomic E-state index is 0.0433. The largest absolute Gasteiger partial charge is 0.393 e. The van der Waals surface area contributed by atoms with Gasteiger partial charge >= 0.3 is 0 Å². The molecule has 20 heavy (non-hydrogen) atoms.